The zero-order valence-electron chi connectivity index (χ0n) is 84.1. The van der Waals surface area contributed by atoms with Crippen molar-refractivity contribution in [2.45, 2.75) is 343 Å². The maximum Gasteiger partial charge on any atom is -0.00110 e. The van der Waals surface area contributed by atoms with Gasteiger partial charge < -0.3 is 0 Å². The lowest BCUT2D eigenvalue weighted by Crippen LogP contribution is -3.47. The Labute approximate surface area is 855 Å². The molecule has 0 heterocycles. The summed E-state index contributed by atoms with van der Waals surface area (Å²) in [5.74, 6) is 35.4. The summed E-state index contributed by atoms with van der Waals surface area (Å²) in [6.07, 6.45) is 29.6. The fraction of sp³-hybridized carbons (Fsp3) is 1.00. The second-order valence-corrected chi connectivity index (χ2v) is 80.2. The van der Waals surface area contributed by atoms with Gasteiger partial charge in [-0.1, -0.05) is 240 Å². The van der Waals surface area contributed by atoms with Crippen LogP contribution in [-0.2, 0) is 0 Å². The molecule has 0 aliphatic heterocycles. The summed E-state index contributed by atoms with van der Waals surface area (Å²) in [5.41, 5.74) is 38.9. The lowest BCUT2D eigenvalue weighted by molar-refractivity contribution is -1.03. The van der Waals surface area contributed by atoms with Crippen molar-refractivity contribution in [3.8, 4) is 0 Å². The molecule has 0 aromatic carbocycles. The molecule has 65 fully saturated rings. The topological polar surface area (TPSA) is 0 Å². The quantitative estimate of drug-likeness (QED) is 0.264. The summed E-state index contributed by atoms with van der Waals surface area (Å²) in [6.45, 7) is 86.8. The summed E-state index contributed by atoms with van der Waals surface area (Å²) in [7, 11) is 0. The van der Waals surface area contributed by atoms with E-state index >= 15 is 0 Å². The molecule has 0 amide bonds. The van der Waals surface area contributed by atoms with Crippen LogP contribution in [0.4, 0.5) is 0 Å². The van der Waals surface area contributed by atoms with Crippen LogP contribution in [0.15, 0.2) is 0 Å². The minimum atomic E-state index is 0. The van der Waals surface area contributed by atoms with Crippen LogP contribution in [0, 0.1) is 519 Å². The van der Waals surface area contributed by atoms with Gasteiger partial charge in [-0.15, -0.1) is 0 Å². The molecule has 143 heavy (non-hydrogen) atoms. The van der Waals surface area contributed by atoms with E-state index in [4.69, 9.17) is 0 Å². The van der Waals surface area contributed by atoms with Gasteiger partial charge in [0.1, 0.15) is 0 Å². The highest BCUT2D eigenvalue weighted by Crippen LogP contribution is 3.67. The highest BCUT2D eigenvalue weighted by molar-refractivity contribution is 6.63. The molecule has 0 nitrogen and oxygen atoms in total. The number of hydrogen-bond donors (Lipinski definition) is 0. The molecule has 65 aliphatic carbocycles. The third-order valence-electron chi connectivity index (χ3n) is 105. The van der Waals surface area contributed by atoms with Crippen LogP contribution < -0.4 is 0 Å². The third-order valence-corrected chi connectivity index (χ3v) is 105. The zero-order chi connectivity index (χ0) is 84.1. The van der Waals surface area contributed by atoms with Crippen molar-refractivity contribution in [1.29, 1.82) is 0 Å². The zero-order valence-corrected chi connectivity index (χ0v) is 84.1. The number of hydrogen-bond acceptors (Lipinski definition) is 0. The van der Waals surface area contributed by atoms with Gasteiger partial charge in [0, 0.05) is 0 Å². The van der Waals surface area contributed by atoms with Crippen molar-refractivity contribution < 1.29 is 0 Å². The Kier molecular flexibility index (Phi) is 6.14. The van der Waals surface area contributed by atoms with Crippen LogP contribution in [0.3, 0.4) is 0 Å². The van der Waals surface area contributed by atoms with Gasteiger partial charge in [0.25, 0.3) is 0 Å². The van der Waals surface area contributed by atoms with Crippen molar-refractivity contribution in [2.75, 3.05) is 0 Å². The van der Waals surface area contributed by atoms with Gasteiger partial charge in [0.05, 0.1) is 0 Å². The van der Waals surface area contributed by atoms with Gasteiger partial charge in [-0.3, -0.25) is 0 Å². The average Bonchev–Trinajstić information content (AvgIpc) is 1.36. The van der Waals surface area contributed by atoms with Gasteiger partial charge in [0.15, 0.2) is 0 Å². The van der Waals surface area contributed by atoms with E-state index in [9.17, 15) is 0 Å². The highest BCUT2D eigenvalue weighted by atomic mass is 15.6. The van der Waals surface area contributed by atoms with Crippen molar-refractivity contribution >= 4 is 0 Å². The molecule has 0 saturated heterocycles. The molecular formula is C143H174. The summed E-state index contributed by atoms with van der Waals surface area (Å²) in [5, 5.41) is 0. The molecule has 93 unspecified atom stereocenters. The first kappa shape index (κ1) is 72.8. The molecule has 65 rings (SSSR count). The van der Waals surface area contributed by atoms with E-state index in [1.807, 2.05) is 83.5 Å². The predicted molar refractivity (Wildman–Crippen MR) is 552 cm³/mol. The van der Waals surface area contributed by atoms with E-state index in [0.29, 0.717) is 249 Å². The smallest absolute Gasteiger partial charge is 0.00110 e. The Balaban J connectivity index is 0.000000683. The normalized spacial score (nSPS) is 110. The maximum atomic E-state index is 3.79. The molecule has 746 valence electrons. The molecule has 0 aromatic heterocycles. The molecule has 0 heteroatoms. The summed E-state index contributed by atoms with van der Waals surface area (Å²) >= 11 is 0. The number of fused-ring (bicyclic) bond motifs is 19. The molecule has 0 aromatic rings. The molecule has 39 spiro atoms. The number of rotatable bonds is 3. The Morgan fingerprint density at radius 3 is 1.26 bits per heavy atom. The van der Waals surface area contributed by atoms with E-state index in [-0.39, 0.29) is 74.3 Å². The highest BCUT2D eigenvalue weighted by Gasteiger charge is 3.62. The fourth-order valence-corrected chi connectivity index (χ4v) is 125. The largest absolute Gasteiger partial charge is 0.0776 e. The molecule has 65 aliphatic rings. The van der Waals surface area contributed by atoms with Crippen LogP contribution in [0.2, 0.25) is 0 Å². The van der Waals surface area contributed by atoms with Crippen LogP contribution >= 0.6 is 0 Å². The lowest BCUT2D eigenvalue weighted by Gasteiger charge is -3.51. The Hall–Kier alpha value is 0. The van der Waals surface area contributed by atoms with Gasteiger partial charge in [0.2, 0.25) is 0 Å². The van der Waals surface area contributed by atoms with Crippen molar-refractivity contribution in [2.24, 2.45) is 405 Å². The summed E-state index contributed by atoms with van der Waals surface area (Å²) in [4.78, 5) is 0. The standard InChI is InChI=1S/C133H134.10CH4/c1-25-98-79(12)80(13)91(24)99(26-2)106(80,98)39-94-64-62-56-44-35-103-104-34-43(44)55-53-41-32-101-75(53,8)111(55,104)125-86(19,88(21)87(20)85(79,18)124(98,110(56,103)73(62,94)6)127(87,103)128(88,104)125)81(14)82(15)76(9)71(4)36-92-37-97-54(42(41)33-102(97,101)121(76,92)123(82,101)100(81,125)27-3)65-68-70-69-66-60-47-29-46-57-45(28-52-59-50-30-48-58-49-31-51-61-67-63(64)74(94,7)112(67)117(61)108(49,51)115(58)107(48,50)116(59)109(52,91)132(99,112)133(115,116)117)72(5)78(11)84(17)90(23)89(22)83(16)77(71,10)122(92)114(65,97)119(68)120(70)118(69)113(66)96(60)40-105(78,95(57,72)38-93(46,47)96)126(84,113)130(90,118)131(89,120)129(83,119)122;;;;;;;;;;/h41-70H,25-40H2,1-24H3;10*1H4. The van der Waals surface area contributed by atoms with Crippen LogP contribution in [-0.4, -0.2) is 0 Å². The average molecular weight is 1890 g/mol. The Morgan fingerprint density at radius 1 is 0.182 bits per heavy atom. The molecule has 93 atom stereocenters. The minimum Gasteiger partial charge on any atom is -0.0776 e. The first-order valence-electron chi connectivity index (χ1n) is 63.2. The Bertz CT molecular complexity index is 8630. The van der Waals surface area contributed by atoms with Crippen LogP contribution in [0.25, 0.3) is 0 Å². The van der Waals surface area contributed by atoms with Crippen LogP contribution in [0.5, 0.6) is 0 Å². The molecule has 0 N–H and O–H groups in total. The van der Waals surface area contributed by atoms with Crippen LogP contribution in [0.1, 0.15) is 343 Å². The summed E-state index contributed by atoms with van der Waals surface area (Å²) in [6, 6.07) is 0. The fourth-order valence-electron chi connectivity index (χ4n) is 125. The molecule has 0 radical (unpaired) electrons. The Morgan fingerprint density at radius 2 is 0.615 bits per heavy atom. The second-order valence-electron chi connectivity index (χ2n) is 80.2. The van der Waals surface area contributed by atoms with E-state index in [0.717, 1.165) is 169 Å². The minimum absolute atomic E-state index is 0. The first-order chi connectivity index (χ1) is 63.2. The maximum absolute atomic E-state index is 3.79. The molecular weight excluding hydrogens is 1720 g/mol. The summed E-state index contributed by atoms with van der Waals surface area (Å²) < 4.78 is 0. The molecule has 13 bridgehead atoms. The van der Waals surface area contributed by atoms with Crippen molar-refractivity contribution in [3.05, 3.63) is 114 Å². The second kappa shape index (κ2) is 12.1. The van der Waals surface area contributed by atoms with Crippen molar-refractivity contribution in [3.63, 3.8) is 0 Å². The van der Waals surface area contributed by atoms with Gasteiger partial charge >= 0.3 is 0 Å². The van der Waals surface area contributed by atoms with Gasteiger partial charge in [-0.25, -0.2) is 0 Å². The predicted octanol–water partition coefficient (Wildman–Crippen LogP) is 30.3. The SMILES string of the molecule is C.C.C.C.C.C.C.C.C.C.CCC12C3(C)C4(C)C5(C)C6(CC)C41CC14C7C8C9C%10CC%11%12C%13%14CC%10C%10C%15C%16CC%17%18C%15(C)C%10%13C%10%13C(C)(C%15(C)C%19(C)C%20(C)C%21(C)CC%22%23CC%24%25C(C%16CC%24%17C%22%20C%19%18C%15%10CC)C%10C%15C%16C%17C%18C%19C%20CC%22C%24C(CC%26C%27C%28CC%29C%30C%31CC%32C%33C%34C7C1(C)C%341C%337C%31%32C%30%31C%29%28C%27%28C%265C61C%317%28)C1(C)C%245CC%22%20C%196CC57C1(C)C1(C)C5(C)C%19(C)C%20(C)C%21(C)C%23%21C%10%25C%15%10C%16%15C%17%16C%186C17C5%16C%19%15C%20%10%21)C1(C)C5(C)C3(C)C2(C9%11C84C)C5%12C1%14%13. The van der Waals surface area contributed by atoms with Gasteiger partial charge in [-0.2, -0.15) is 0 Å². The van der Waals surface area contributed by atoms with E-state index in [1.54, 1.807) is 19.3 Å². The monoisotopic (exact) mass is 1890 g/mol. The van der Waals surface area contributed by atoms with Gasteiger partial charge in [-0.05, 0) is 621 Å². The van der Waals surface area contributed by atoms with E-state index < -0.39 is 0 Å². The van der Waals surface area contributed by atoms with E-state index in [2.05, 4.69) is 166 Å². The van der Waals surface area contributed by atoms with Crippen molar-refractivity contribution in [1.82, 2.24) is 0 Å². The lowest BCUT2D eigenvalue weighted by atomic mass is 8.51. The first-order valence-corrected chi connectivity index (χ1v) is 63.2. The third kappa shape index (κ3) is 2.00. The molecule has 65 saturated carbocycles. The van der Waals surface area contributed by atoms with E-state index in [1.165, 1.54) is 101 Å².